The monoisotopic (exact) mass is 285 g/mol. The van der Waals surface area contributed by atoms with Crippen molar-refractivity contribution in [2.24, 2.45) is 5.41 Å². The molecule has 0 saturated heterocycles. The average Bonchev–Trinajstić information content (AvgIpc) is 2.28. The van der Waals surface area contributed by atoms with Crippen LogP contribution in [0.15, 0.2) is 29.2 Å². The summed E-state index contributed by atoms with van der Waals surface area (Å²) in [6.07, 6.45) is 1.08. The summed E-state index contributed by atoms with van der Waals surface area (Å²) in [6.45, 7) is 2.57. The van der Waals surface area contributed by atoms with Crippen molar-refractivity contribution in [3.05, 3.63) is 24.3 Å². The first-order chi connectivity index (χ1) is 8.55. The second kappa shape index (κ2) is 5.00. The van der Waals surface area contributed by atoms with Crippen molar-refractivity contribution in [1.29, 1.82) is 0 Å². The van der Waals surface area contributed by atoms with Crippen LogP contribution in [-0.2, 0) is 19.4 Å². The first-order valence-corrected chi connectivity index (χ1v) is 7.29. The summed E-state index contributed by atoms with van der Waals surface area (Å²) < 4.78 is 22.5. The normalized spacial score (nSPS) is 11.9. The molecule has 0 aromatic heterocycles. The maximum Gasteiger partial charge on any atom is 0.318 e. The first kappa shape index (κ1) is 15.2. The topological polar surface area (TPSA) is 101 Å². The van der Waals surface area contributed by atoms with Crippen LogP contribution in [0.4, 0.5) is 5.69 Å². The molecule has 0 fully saturated rings. The standard InChI is InChI=1S/C12H15NO5S/c1-12(2,11(15)16)10(14)13-8-4-6-9(7-5-8)19(3,17)18/h4-7H,1-3H3,(H,13,14)(H,15,16). The van der Waals surface area contributed by atoms with E-state index in [1.54, 1.807) is 0 Å². The van der Waals surface area contributed by atoms with Crippen LogP contribution in [0.2, 0.25) is 0 Å². The molecule has 7 heteroatoms. The zero-order chi connectivity index (χ0) is 14.8. The van der Waals surface area contributed by atoms with E-state index >= 15 is 0 Å². The number of rotatable bonds is 4. The molecular weight excluding hydrogens is 270 g/mol. The minimum atomic E-state index is -3.30. The Morgan fingerprint density at radius 1 is 1.16 bits per heavy atom. The Hall–Kier alpha value is -1.89. The Balaban J connectivity index is 2.91. The van der Waals surface area contributed by atoms with Crippen LogP contribution < -0.4 is 5.32 Å². The Bertz CT molecular complexity index is 602. The van der Waals surface area contributed by atoms with Gasteiger partial charge in [0, 0.05) is 11.9 Å². The molecule has 0 saturated carbocycles. The number of aliphatic carboxylic acids is 1. The molecule has 6 nitrogen and oxygen atoms in total. The third-order valence-corrected chi connectivity index (χ3v) is 3.77. The van der Waals surface area contributed by atoms with Crippen molar-refractivity contribution in [3.63, 3.8) is 0 Å². The van der Waals surface area contributed by atoms with Crippen LogP contribution in [0, 0.1) is 5.41 Å². The van der Waals surface area contributed by atoms with E-state index in [9.17, 15) is 18.0 Å². The quantitative estimate of drug-likeness (QED) is 0.808. The molecule has 0 bridgehead atoms. The molecule has 0 aliphatic heterocycles. The van der Waals surface area contributed by atoms with Gasteiger partial charge in [-0.05, 0) is 38.1 Å². The fraction of sp³-hybridized carbons (Fsp3) is 0.333. The second-order valence-electron chi connectivity index (χ2n) is 4.68. The first-order valence-electron chi connectivity index (χ1n) is 5.40. The SMILES string of the molecule is CC(C)(C(=O)O)C(=O)Nc1ccc(S(C)(=O)=O)cc1. The van der Waals surface area contributed by atoms with Gasteiger partial charge in [0.05, 0.1) is 4.90 Å². The number of nitrogens with one attached hydrogen (secondary N) is 1. The van der Waals surface area contributed by atoms with Gasteiger partial charge in [0.15, 0.2) is 9.84 Å². The summed E-state index contributed by atoms with van der Waals surface area (Å²) in [6, 6.07) is 5.51. The van der Waals surface area contributed by atoms with E-state index < -0.39 is 27.1 Å². The zero-order valence-corrected chi connectivity index (χ0v) is 11.6. The molecule has 0 aliphatic carbocycles. The van der Waals surface area contributed by atoms with Crippen LogP contribution in [0.25, 0.3) is 0 Å². The summed E-state index contributed by atoms with van der Waals surface area (Å²) in [5.41, 5.74) is -1.22. The van der Waals surface area contributed by atoms with E-state index in [0.717, 1.165) is 6.26 Å². The Morgan fingerprint density at radius 2 is 1.63 bits per heavy atom. The highest BCUT2D eigenvalue weighted by atomic mass is 32.2. The Labute approximate surface area is 111 Å². The molecule has 1 aromatic carbocycles. The van der Waals surface area contributed by atoms with Crippen LogP contribution in [0.3, 0.4) is 0 Å². The third-order valence-electron chi connectivity index (χ3n) is 2.64. The van der Waals surface area contributed by atoms with Gasteiger partial charge >= 0.3 is 5.97 Å². The number of carboxylic acid groups (broad SMARTS) is 1. The van der Waals surface area contributed by atoms with E-state index in [-0.39, 0.29) is 4.90 Å². The molecule has 0 radical (unpaired) electrons. The lowest BCUT2D eigenvalue weighted by atomic mass is 9.92. The van der Waals surface area contributed by atoms with Crippen molar-refractivity contribution < 1.29 is 23.1 Å². The Kier molecular flexibility index (Phi) is 4.00. The molecule has 1 aromatic rings. The molecule has 0 atom stereocenters. The number of hydrogen-bond donors (Lipinski definition) is 2. The molecule has 19 heavy (non-hydrogen) atoms. The smallest absolute Gasteiger partial charge is 0.318 e. The molecular formula is C12H15NO5S. The van der Waals surface area contributed by atoms with Gasteiger partial charge in [-0.2, -0.15) is 0 Å². The van der Waals surface area contributed by atoms with Gasteiger partial charge in [0.2, 0.25) is 5.91 Å². The minimum Gasteiger partial charge on any atom is -0.480 e. The number of sulfone groups is 1. The lowest BCUT2D eigenvalue weighted by Crippen LogP contribution is -2.37. The largest absolute Gasteiger partial charge is 0.480 e. The molecule has 0 aliphatic rings. The number of carboxylic acids is 1. The van der Waals surface area contributed by atoms with Crippen LogP contribution in [-0.4, -0.2) is 31.7 Å². The van der Waals surface area contributed by atoms with Gasteiger partial charge in [0.25, 0.3) is 0 Å². The number of carbonyl (C=O) groups excluding carboxylic acids is 1. The molecule has 0 heterocycles. The summed E-state index contributed by atoms with van der Waals surface area (Å²) in [7, 11) is -3.30. The van der Waals surface area contributed by atoms with Gasteiger partial charge in [-0.3, -0.25) is 9.59 Å². The summed E-state index contributed by atoms with van der Waals surface area (Å²) >= 11 is 0. The van der Waals surface area contributed by atoms with E-state index in [4.69, 9.17) is 5.11 Å². The van der Waals surface area contributed by atoms with E-state index in [2.05, 4.69) is 5.32 Å². The van der Waals surface area contributed by atoms with E-state index in [1.807, 2.05) is 0 Å². The fourth-order valence-electron chi connectivity index (χ4n) is 1.17. The maximum absolute atomic E-state index is 11.7. The summed E-state index contributed by atoms with van der Waals surface area (Å²) in [4.78, 5) is 22.8. The van der Waals surface area contributed by atoms with E-state index in [0.29, 0.717) is 5.69 Å². The van der Waals surface area contributed by atoms with Crippen molar-refractivity contribution in [3.8, 4) is 0 Å². The highest BCUT2D eigenvalue weighted by molar-refractivity contribution is 7.90. The molecule has 104 valence electrons. The zero-order valence-electron chi connectivity index (χ0n) is 10.8. The molecule has 1 amide bonds. The molecule has 2 N–H and O–H groups in total. The minimum absolute atomic E-state index is 0.128. The highest BCUT2D eigenvalue weighted by Crippen LogP contribution is 2.20. The van der Waals surface area contributed by atoms with Gasteiger partial charge in [0.1, 0.15) is 5.41 Å². The van der Waals surface area contributed by atoms with Crippen LogP contribution in [0.1, 0.15) is 13.8 Å². The number of carbonyl (C=O) groups is 2. The van der Waals surface area contributed by atoms with Crippen molar-refractivity contribution in [1.82, 2.24) is 0 Å². The lowest BCUT2D eigenvalue weighted by Gasteiger charge is -2.18. The lowest BCUT2D eigenvalue weighted by molar-refractivity contribution is -0.151. The number of amides is 1. The van der Waals surface area contributed by atoms with Gasteiger partial charge < -0.3 is 10.4 Å². The fourth-order valence-corrected chi connectivity index (χ4v) is 1.80. The molecule has 0 unspecified atom stereocenters. The number of hydrogen-bond acceptors (Lipinski definition) is 4. The summed E-state index contributed by atoms with van der Waals surface area (Å²) in [5, 5.41) is 11.3. The van der Waals surface area contributed by atoms with Gasteiger partial charge in [-0.15, -0.1) is 0 Å². The highest BCUT2D eigenvalue weighted by Gasteiger charge is 2.35. The Morgan fingerprint density at radius 3 is 2.00 bits per heavy atom. The van der Waals surface area contributed by atoms with Crippen molar-refractivity contribution >= 4 is 27.4 Å². The average molecular weight is 285 g/mol. The van der Waals surface area contributed by atoms with Crippen LogP contribution in [0.5, 0.6) is 0 Å². The summed E-state index contributed by atoms with van der Waals surface area (Å²) in [5.74, 6) is -1.91. The predicted octanol–water partition coefficient (Wildman–Crippen LogP) is 1.14. The molecule has 0 spiro atoms. The third kappa shape index (κ3) is 3.54. The number of anilines is 1. The number of benzene rings is 1. The maximum atomic E-state index is 11.7. The molecule has 1 rings (SSSR count). The van der Waals surface area contributed by atoms with Crippen molar-refractivity contribution in [2.75, 3.05) is 11.6 Å². The van der Waals surface area contributed by atoms with E-state index in [1.165, 1.54) is 38.1 Å². The second-order valence-corrected chi connectivity index (χ2v) is 6.70. The predicted molar refractivity (Wildman–Crippen MR) is 69.6 cm³/mol. The van der Waals surface area contributed by atoms with Gasteiger partial charge in [-0.25, -0.2) is 8.42 Å². The van der Waals surface area contributed by atoms with Gasteiger partial charge in [-0.1, -0.05) is 0 Å². The van der Waals surface area contributed by atoms with Crippen LogP contribution >= 0.6 is 0 Å². The van der Waals surface area contributed by atoms with Crippen molar-refractivity contribution in [2.45, 2.75) is 18.7 Å².